The van der Waals surface area contributed by atoms with Gasteiger partial charge in [-0.2, -0.15) is 0 Å². The molecule has 1 rings (SSSR count). The monoisotopic (exact) mass is 265 g/mol. The van der Waals surface area contributed by atoms with Crippen molar-refractivity contribution < 1.29 is 14.3 Å². The molecule has 0 unspecified atom stereocenters. The zero-order valence-electron chi connectivity index (χ0n) is 11.5. The number of carbonyl (C=O) groups is 2. The van der Waals surface area contributed by atoms with Gasteiger partial charge in [-0.05, 0) is 18.1 Å². The number of amides is 2. The molecule has 1 aromatic heterocycles. The number of methoxy groups -OCH3 is 1. The number of hydrogen-bond acceptors (Lipinski definition) is 5. The van der Waals surface area contributed by atoms with E-state index < -0.39 is 0 Å². The standard InChI is InChI=1S/C13H19N3O3/c1-4-10-7-11(13(19-3)14-8-10)16(2)6-5-12(18)15-9-17/h7-9H,4-6H2,1-3H3,(H,15,17,18). The lowest BCUT2D eigenvalue weighted by Crippen LogP contribution is -2.28. The van der Waals surface area contributed by atoms with Crippen molar-refractivity contribution in [1.29, 1.82) is 0 Å². The summed E-state index contributed by atoms with van der Waals surface area (Å²) < 4.78 is 5.21. The van der Waals surface area contributed by atoms with Gasteiger partial charge in [0, 0.05) is 26.2 Å². The maximum absolute atomic E-state index is 11.2. The van der Waals surface area contributed by atoms with E-state index in [9.17, 15) is 9.59 Å². The van der Waals surface area contributed by atoms with Crippen molar-refractivity contribution in [3.05, 3.63) is 17.8 Å². The predicted octanol–water partition coefficient (Wildman–Crippen LogP) is 0.751. The number of ether oxygens (including phenoxy) is 1. The molecule has 104 valence electrons. The summed E-state index contributed by atoms with van der Waals surface area (Å²) in [5, 5.41) is 2.11. The molecule has 0 radical (unpaired) electrons. The van der Waals surface area contributed by atoms with E-state index in [2.05, 4.69) is 10.3 Å². The first-order valence-electron chi connectivity index (χ1n) is 6.09. The first-order chi connectivity index (χ1) is 9.12. The van der Waals surface area contributed by atoms with Crippen LogP contribution in [0.3, 0.4) is 0 Å². The molecule has 6 heteroatoms. The molecule has 0 bridgehead atoms. The number of carbonyl (C=O) groups excluding carboxylic acids is 2. The van der Waals surface area contributed by atoms with Crippen LogP contribution in [0.5, 0.6) is 5.88 Å². The minimum absolute atomic E-state index is 0.231. The summed E-state index contributed by atoms with van der Waals surface area (Å²) >= 11 is 0. The van der Waals surface area contributed by atoms with Crippen LogP contribution in [0, 0.1) is 0 Å². The third kappa shape index (κ3) is 4.24. The van der Waals surface area contributed by atoms with Crippen molar-refractivity contribution in [2.75, 3.05) is 25.6 Å². The molecule has 0 saturated carbocycles. The predicted molar refractivity (Wildman–Crippen MR) is 72.3 cm³/mol. The highest BCUT2D eigenvalue weighted by atomic mass is 16.5. The number of imide groups is 1. The maximum atomic E-state index is 11.2. The average molecular weight is 265 g/mol. The van der Waals surface area contributed by atoms with Gasteiger partial charge >= 0.3 is 0 Å². The first kappa shape index (κ1) is 14.9. The Kier molecular flexibility index (Phi) is 5.78. The molecule has 0 atom stereocenters. The molecule has 1 aromatic rings. The van der Waals surface area contributed by atoms with E-state index in [1.807, 2.05) is 24.9 Å². The molecule has 0 aliphatic heterocycles. The van der Waals surface area contributed by atoms with Gasteiger partial charge in [0.1, 0.15) is 0 Å². The Hall–Kier alpha value is -2.11. The van der Waals surface area contributed by atoms with E-state index in [1.54, 1.807) is 13.3 Å². The number of nitrogens with one attached hydrogen (secondary N) is 1. The Morgan fingerprint density at radius 2 is 2.32 bits per heavy atom. The van der Waals surface area contributed by atoms with Crippen LogP contribution in [0.1, 0.15) is 18.9 Å². The Bertz CT molecular complexity index is 449. The lowest BCUT2D eigenvalue weighted by atomic mass is 10.2. The van der Waals surface area contributed by atoms with Crippen LogP contribution in [-0.4, -0.2) is 38.0 Å². The third-order valence-electron chi connectivity index (χ3n) is 2.80. The summed E-state index contributed by atoms with van der Waals surface area (Å²) in [4.78, 5) is 27.5. The van der Waals surface area contributed by atoms with Crippen molar-refractivity contribution in [2.24, 2.45) is 0 Å². The molecule has 2 amide bonds. The van der Waals surface area contributed by atoms with E-state index >= 15 is 0 Å². The van der Waals surface area contributed by atoms with Gasteiger partial charge < -0.3 is 9.64 Å². The smallest absolute Gasteiger partial charge is 0.237 e. The molecule has 0 aromatic carbocycles. The number of hydrogen-bond donors (Lipinski definition) is 1. The maximum Gasteiger partial charge on any atom is 0.237 e. The Morgan fingerprint density at radius 1 is 1.58 bits per heavy atom. The molecule has 0 aliphatic carbocycles. The van der Waals surface area contributed by atoms with Crippen LogP contribution in [0.4, 0.5) is 5.69 Å². The SMILES string of the molecule is CCc1cnc(OC)c(N(C)CCC(=O)NC=O)c1. The van der Waals surface area contributed by atoms with E-state index in [-0.39, 0.29) is 12.3 Å². The molecule has 0 spiro atoms. The highest BCUT2D eigenvalue weighted by Crippen LogP contribution is 2.26. The van der Waals surface area contributed by atoms with Crippen molar-refractivity contribution in [1.82, 2.24) is 10.3 Å². The van der Waals surface area contributed by atoms with Crippen LogP contribution in [0.2, 0.25) is 0 Å². The summed E-state index contributed by atoms with van der Waals surface area (Å²) in [6.45, 7) is 2.52. The Morgan fingerprint density at radius 3 is 2.89 bits per heavy atom. The van der Waals surface area contributed by atoms with Crippen LogP contribution in [0.25, 0.3) is 0 Å². The van der Waals surface area contributed by atoms with E-state index in [4.69, 9.17) is 4.74 Å². The second-order valence-electron chi connectivity index (χ2n) is 4.08. The zero-order valence-corrected chi connectivity index (χ0v) is 11.5. The fourth-order valence-electron chi connectivity index (χ4n) is 1.63. The zero-order chi connectivity index (χ0) is 14.3. The number of aromatic nitrogens is 1. The van der Waals surface area contributed by atoms with E-state index in [0.717, 1.165) is 17.7 Å². The van der Waals surface area contributed by atoms with Crippen LogP contribution < -0.4 is 15.0 Å². The molecule has 19 heavy (non-hydrogen) atoms. The first-order valence-corrected chi connectivity index (χ1v) is 6.09. The normalized spacial score (nSPS) is 9.84. The van der Waals surface area contributed by atoms with Gasteiger partial charge in [0.05, 0.1) is 12.8 Å². The second-order valence-corrected chi connectivity index (χ2v) is 4.08. The van der Waals surface area contributed by atoms with Gasteiger partial charge in [0.25, 0.3) is 0 Å². The van der Waals surface area contributed by atoms with Crippen LogP contribution in [-0.2, 0) is 16.0 Å². The third-order valence-corrected chi connectivity index (χ3v) is 2.80. The van der Waals surface area contributed by atoms with Crippen molar-refractivity contribution >= 4 is 18.0 Å². The largest absolute Gasteiger partial charge is 0.480 e. The van der Waals surface area contributed by atoms with Gasteiger partial charge in [0.15, 0.2) is 0 Å². The lowest BCUT2D eigenvalue weighted by Gasteiger charge is -2.21. The average Bonchev–Trinajstić information content (AvgIpc) is 2.44. The summed E-state index contributed by atoms with van der Waals surface area (Å²) in [5.74, 6) is 0.218. The highest BCUT2D eigenvalue weighted by molar-refractivity contribution is 5.86. The summed E-state index contributed by atoms with van der Waals surface area (Å²) in [6.07, 6.45) is 3.27. The summed E-state index contributed by atoms with van der Waals surface area (Å²) in [7, 11) is 3.41. The molecular formula is C13H19N3O3. The minimum Gasteiger partial charge on any atom is -0.480 e. The van der Waals surface area contributed by atoms with Gasteiger partial charge in [0.2, 0.25) is 18.2 Å². The van der Waals surface area contributed by atoms with Crippen molar-refractivity contribution in [2.45, 2.75) is 19.8 Å². The fraction of sp³-hybridized carbons (Fsp3) is 0.462. The van der Waals surface area contributed by atoms with Crippen molar-refractivity contribution in [3.63, 3.8) is 0 Å². The summed E-state index contributed by atoms with van der Waals surface area (Å²) in [5.41, 5.74) is 1.93. The number of anilines is 1. The Balaban J connectivity index is 2.76. The molecule has 0 aliphatic rings. The highest BCUT2D eigenvalue weighted by Gasteiger charge is 2.11. The van der Waals surface area contributed by atoms with Crippen molar-refractivity contribution in [3.8, 4) is 5.88 Å². The van der Waals surface area contributed by atoms with Gasteiger partial charge in [-0.15, -0.1) is 0 Å². The van der Waals surface area contributed by atoms with Gasteiger partial charge in [-0.25, -0.2) is 4.98 Å². The lowest BCUT2D eigenvalue weighted by molar-refractivity contribution is -0.125. The Labute approximate surface area is 112 Å². The fourth-order valence-corrected chi connectivity index (χ4v) is 1.63. The molecule has 0 fully saturated rings. The molecule has 1 heterocycles. The van der Waals surface area contributed by atoms with Crippen LogP contribution >= 0.6 is 0 Å². The molecule has 0 saturated heterocycles. The van der Waals surface area contributed by atoms with Crippen LogP contribution in [0.15, 0.2) is 12.3 Å². The molecule has 6 nitrogen and oxygen atoms in total. The van der Waals surface area contributed by atoms with Gasteiger partial charge in [-0.1, -0.05) is 6.92 Å². The summed E-state index contributed by atoms with van der Waals surface area (Å²) in [6, 6.07) is 1.99. The topological polar surface area (TPSA) is 71.5 Å². The number of aryl methyl sites for hydroxylation is 1. The number of pyridine rings is 1. The number of rotatable bonds is 7. The quantitative estimate of drug-likeness (QED) is 0.737. The van der Waals surface area contributed by atoms with E-state index in [1.165, 1.54) is 0 Å². The van der Waals surface area contributed by atoms with Gasteiger partial charge in [-0.3, -0.25) is 14.9 Å². The molecular weight excluding hydrogens is 246 g/mol. The van der Waals surface area contributed by atoms with E-state index in [0.29, 0.717) is 18.8 Å². The second kappa shape index (κ2) is 7.35. The minimum atomic E-state index is -0.305. The number of nitrogens with zero attached hydrogens (tertiary/aromatic N) is 2. The molecule has 1 N–H and O–H groups in total.